The number of amides is 1. The number of pyridine rings is 1. The van der Waals surface area contributed by atoms with Crippen molar-refractivity contribution >= 4 is 16.8 Å². The first-order valence-electron chi connectivity index (χ1n) is 8.83. The molecule has 0 saturated heterocycles. The summed E-state index contributed by atoms with van der Waals surface area (Å²) in [6.07, 6.45) is 6.00. The largest absolute Gasteiger partial charge is 0.393 e. The lowest BCUT2D eigenvalue weighted by molar-refractivity contribution is 0.0867. The van der Waals surface area contributed by atoms with Crippen LogP contribution in [0.4, 0.5) is 4.39 Å². The maximum atomic E-state index is 14.7. The molecule has 134 valence electrons. The lowest BCUT2D eigenvalue weighted by Gasteiger charge is -2.26. The van der Waals surface area contributed by atoms with E-state index in [0.29, 0.717) is 29.7 Å². The van der Waals surface area contributed by atoms with Gasteiger partial charge in [-0.15, -0.1) is 0 Å². The van der Waals surface area contributed by atoms with Crippen LogP contribution in [0.25, 0.3) is 22.2 Å². The quantitative estimate of drug-likeness (QED) is 0.675. The summed E-state index contributed by atoms with van der Waals surface area (Å²) in [5.74, 6) is -0.762. The lowest BCUT2D eigenvalue weighted by atomic mass is 9.93. The number of aliphatic hydroxyl groups excluding tert-OH is 1. The Morgan fingerprint density at radius 2 is 2.00 bits per heavy atom. The number of benzene rings is 1. The van der Waals surface area contributed by atoms with Gasteiger partial charge in [0.15, 0.2) is 0 Å². The zero-order valence-corrected chi connectivity index (χ0v) is 14.2. The molecule has 0 spiro atoms. The third-order valence-corrected chi connectivity index (χ3v) is 5.00. The van der Waals surface area contributed by atoms with Crippen LogP contribution in [0.2, 0.25) is 0 Å². The van der Waals surface area contributed by atoms with E-state index in [2.05, 4.69) is 15.3 Å². The second-order valence-corrected chi connectivity index (χ2v) is 6.77. The summed E-state index contributed by atoms with van der Waals surface area (Å²) in [6.45, 7) is 0. The first-order valence-corrected chi connectivity index (χ1v) is 8.83. The van der Waals surface area contributed by atoms with Crippen LogP contribution in [0, 0.1) is 5.82 Å². The van der Waals surface area contributed by atoms with Crippen molar-refractivity contribution in [3.8, 4) is 11.3 Å². The number of carbonyl (C=O) groups excluding carboxylic acids is 1. The third-order valence-electron chi connectivity index (χ3n) is 5.00. The number of rotatable bonds is 3. The summed E-state index contributed by atoms with van der Waals surface area (Å²) in [7, 11) is 0. The normalized spacial score (nSPS) is 20.2. The van der Waals surface area contributed by atoms with Crippen LogP contribution in [0.3, 0.4) is 0 Å². The zero-order chi connectivity index (χ0) is 18.1. The van der Waals surface area contributed by atoms with Crippen molar-refractivity contribution in [3.63, 3.8) is 0 Å². The Morgan fingerprint density at radius 3 is 2.77 bits per heavy atom. The van der Waals surface area contributed by atoms with E-state index in [9.17, 15) is 14.3 Å². The second kappa shape index (κ2) is 6.88. The van der Waals surface area contributed by atoms with Gasteiger partial charge in [0, 0.05) is 40.5 Å². The molecular weight excluding hydrogens is 333 g/mol. The highest BCUT2D eigenvalue weighted by molar-refractivity contribution is 5.96. The zero-order valence-electron chi connectivity index (χ0n) is 14.2. The van der Waals surface area contributed by atoms with Crippen LogP contribution in [0.5, 0.6) is 0 Å². The fourth-order valence-electron chi connectivity index (χ4n) is 3.53. The van der Waals surface area contributed by atoms with Crippen molar-refractivity contribution in [3.05, 3.63) is 54.1 Å². The number of nitrogens with one attached hydrogen (secondary N) is 2. The molecule has 1 saturated carbocycles. The Morgan fingerprint density at radius 1 is 1.19 bits per heavy atom. The molecule has 2 aromatic heterocycles. The minimum atomic E-state index is -0.474. The maximum Gasteiger partial charge on any atom is 0.251 e. The molecule has 5 nitrogen and oxygen atoms in total. The molecular formula is C20H20FN3O2. The second-order valence-electron chi connectivity index (χ2n) is 6.77. The Hall–Kier alpha value is -2.73. The molecule has 3 N–H and O–H groups in total. The average Bonchev–Trinajstić information content (AvgIpc) is 3.12. The smallest absolute Gasteiger partial charge is 0.251 e. The van der Waals surface area contributed by atoms with Gasteiger partial charge >= 0.3 is 0 Å². The van der Waals surface area contributed by atoms with Crippen molar-refractivity contribution in [2.45, 2.75) is 37.8 Å². The van der Waals surface area contributed by atoms with Crippen molar-refractivity contribution in [1.29, 1.82) is 0 Å². The summed E-state index contributed by atoms with van der Waals surface area (Å²) in [5.41, 5.74) is 2.09. The van der Waals surface area contributed by atoms with Crippen LogP contribution >= 0.6 is 0 Å². The number of H-pyrrole nitrogens is 1. The van der Waals surface area contributed by atoms with Crippen LogP contribution in [0.15, 0.2) is 42.7 Å². The Bertz CT molecular complexity index is 945. The third kappa shape index (κ3) is 3.20. The van der Waals surface area contributed by atoms with Gasteiger partial charge in [0.05, 0.1) is 11.8 Å². The molecule has 1 fully saturated rings. The van der Waals surface area contributed by atoms with Gasteiger partial charge in [0.25, 0.3) is 5.91 Å². The summed E-state index contributed by atoms with van der Waals surface area (Å²) < 4.78 is 14.7. The van der Waals surface area contributed by atoms with Gasteiger partial charge in [0.2, 0.25) is 0 Å². The van der Waals surface area contributed by atoms with Gasteiger partial charge in [-0.1, -0.05) is 0 Å². The highest BCUT2D eigenvalue weighted by Gasteiger charge is 2.22. The number of hydrogen-bond acceptors (Lipinski definition) is 3. The van der Waals surface area contributed by atoms with Gasteiger partial charge in [-0.05, 0) is 56.0 Å². The first kappa shape index (κ1) is 16.7. The van der Waals surface area contributed by atoms with E-state index >= 15 is 0 Å². The van der Waals surface area contributed by atoms with Crippen LogP contribution < -0.4 is 5.32 Å². The number of hydrogen-bond donors (Lipinski definition) is 3. The summed E-state index contributed by atoms with van der Waals surface area (Å²) in [5, 5.41) is 13.3. The molecule has 1 aromatic carbocycles. The van der Waals surface area contributed by atoms with E-state index in [1.807, 2.05) is 12.1 Å². The van der Waals surface area contributed by atoms with Crippen molar-refractivity contribution in [1.82, 2.24) is 15.3 Å². The molecule has 4 rings (SSSR count). The molecule has 3 aromatic rings. The summed E-state index contributed by atoms with van der Waals surface area (Å²) >= 11 is 0. The predicted molar refractivity (Wildman–Crippen MR) is 97.2 cm³/mol. The molecule has 0 unspecified atom stereocenters. The highest BCUT2D eigenvalue weighted by Crippen LogP contribution is 2.28. The predicted octanol–water partition coefficient (Wildman–Crippen LogP) is 3.40. The van der Waals surface area contributed by atoms with Crippen molar-refractivity contribution in [2.24, 2.45) is 0 Å². The Balaban J connectivity index is 1.56. The molecule has 1 amide bonds. The van der Waals surface area contributed by atoms with E-state index < -0.39 is 5.82 Å². The SMILES string of the molecule is O=C(N[C@H]1CC[C@H](O)CC1)c1ccc(-c2nccc3[nH]ccc23)c(F)c1. The minimum absolute atomic E-state index is 0.0314. The first-order chi connectivity index (χ1) is 12.6. The average molecular weight is 353 g/mol. The topological polar surface area (TPSA) is 78.0 Å². The monoisotopic (exact) mass is 353 g/mol. The number of fused-ring (bicyclic) bond motifs is 1. The number of halogens is 1. The molecule has 1 aliphatic rings. The number of aliphatic hydroxyl groups is 1. The van der Waals surface area contributed by atoms with E-state index in [0.717, 1.165) is 23.7 Å². The van der Waals surface area contributed by atoms with Crippen LogP contribution in [-0.2, 0) is 0 Å². The molecule has 26 heavy (non-hydrogen) atoms. The maximum absolute atomic E-state index is 14.7. The van der Waals surface area contributed by atoms with E-state index in [1.165, 1.54) is 6.07 Å². The molecule has 0 radical (unpaired) electrons. The lowest BCUT2D eigenvalue weighted by Crippen LogP contribution is -2.38. The molecule has 2 heterocycles. The number of aromatic nitrogens is 2. The molecule has 0 bridgehead atoms. The molecule has 0 aliphatic heterocycles. The molecule has 0 atom stereocenters. The summed E-state index contributed by atoms with van der Waals surface area (Å²) in [6, 6.07) is 8.20. The number of carbonyl (C=O) groups is 1. The Labute approximate surface area is 150 Å². The van der Waals surface area contributed by atoms with Gasteiger partial charge in [-0.25, -0.2) is 4.39 Å². The van der Waals surface area contributed by atoms with Gasteiger partial charge < -0.3 is 15.4 Å². The fraction of sp³-hybridized carbons (Fsp3) is 0.300. The Kier molecular flexibility index (Phi) is 4.42. The van der Waals surface area contributed by atoms with E-state index in [-0.39, 0.29) is 18.1 Å². The fourth-order valence-corrected chi connectivity index (χ4v) is 3.53. The van der Waals surface area contributed by atoms with Gasteiger partial charge in [-0.3, -0.25) is 9.78 Å². The van der Waals surface area contributed by atoms with E-state index in [4.69, 9.17) is 0 Å². The molecule has 1 aliphatic carbocycles. The van der Waals surface area contributed by atoms with Crippen LogP contribution in [-0.4, -0.2) is 33.1 Å². The van der Waals surface area contributed by atoms with Gasteiger partial charge in [0.1, 0.15) is 5.82 Å². The minimum Gasteiger partial charge on any atom is -0.393 e. The highest BCUT2D eigenvalue weighted by atomic mass is 19.1. The summed E-state index contributed by atoms with van der Waals surface area (Å²) in [4.78, 5) is 19.8. The van der Waals surface area contributed by atoms with E-state index in [1.54, 1.807) is 24.5 Å². The van der Waals surface area contributed by atoms with Gasteiger partial charge in [-0.2, -0.15) is 0 Å². The number of nitrogens with zero attached hydrogens (tertiary/aromatic N) is 1. The van der Waals surface area contributed by atoms with Crippen molar-refractivity contribution in [2.75, 3.05) is 0 Å². The van der Waals surface area contributed by atoms with Crippen LogP contribution in [0.1, 0.15) is 36.0 Å². The standard InChI is InChI=1S/C20H20FN3O2/c21-17-11-12(20(26)24-13-2-4-14(25)5-3-13)1-6-15(17)19-16-7-9-22-18(16)8-10-23-19/h1,6-11,13-14,22,25H,2-5H2,(H,24,26)/t13-,14-. The van der Waals surface area contributed by atoms with Crippen molar-refractivity contribution < 1.29 is 14.3 Å². The molecule has 6 heteroatoms. The number of aromatic amines is 1.